The van der Waals surface area contributed by atoms with Crippen LogP contribution in [0.25, 0.3) is 11.0 Å². The van der Waals surface area contributed by atoms with Gasteiger partial charge in [-0.25, -0.2) is 4.79 Å². The van der Waals surface area contributed by atoms with Crippen LogP contribution < -0.4 is 15.3 Å². The van der Waals surface area contributed by atoms with Gasteiger partial charge in [0.15, 0.2) is 6.73 Å². The number of anilines is 1. The van der Waals surface area contributed by atoms with Gasteiger partial charge in [-0.2, -0.15) is 0 Å². The van der Waals surface area contributed by atoms with Gasteiger partial charge in [0.2, 0.25) is 0 Å². The highest BCUT2D eigenvalue weighted by molar-refractivity contribution is 6.30. The number of benzene rings is 2. The summed E-state index contributed by atoms with van der Waals surface area (Å²) in [7, 11) is 0. The maximum atomic E-state index is 12.3. The summed E-state index contributed by atoms with van der Waals surface area (Å²) in [5, 5.41) is 1.48. The Balaban J connectivity index is 1.81. The SMILES string of the molecule is Cc1ccc2c3c(c(=O)oc2c1)CN(c1cccc(Cl)c1)CO3. The first-order valence-electron chi connectivity index (χ1n) is 7.31. The molecule has 3 aromatic rings. The van der Waals surface area contributed by atoms with E-state index >= 15 is 0 Å². The Hall–Kier alpha value is -2.46. The van der Waals surface area contributed by atoms with Gasteiger partial charge >= 0.3 is 5.63 Å². The summed E-state index contributed by atoms with van der Waals surface area (Å²) in [6.45, 7) is 2.75. The van der Waals surface area contributed by atoms with Gasteiger partial charge in [-0.3, -0.25) is 0 Å². The fourth-order valence-electron chi connectivity index (χ4n) is 2.84. The summed E-state index contributed by atoms with van der Waals surface area (Å²) in [5.41, 5.74) is 2.69. The fraction of sp³-hybridized carbons (Fsp3) is 0.167. The van der Waals surface area contributed by atoms with Gasteiger partial charge in [0, 0.05) is 10.7 Å². The molecule has 4 nitrogen and oxygen atoms in total. The summed E-state index contributed by atoms with van der Waals surface area (Å²) in [6.07, 6.45) is 0. The van der Waals surface area contributed by atoms with E-state index in [1.807, 2.05) is 54.3 Å². The van der Waals surface area contributed by atoms with Gasteiger partial charge in [0.1, 0.15) is 11.3 Å². The Labute approximate surface area is 137 Å². The lowest BCUT2D eigenvalue weighted by Gasteiger charge is -2.30. The quantitative estimate of drug-likeness (QED) is 0.631. The molecule has 1 aromatic heterocycles. The van der Waals surface area contributed by atoms with E-state index in [1.165, 1.54) is 0 Å². The first-order valence-corrected chi connectivity index (χ1v) is 7.69. The molecule has 23 heavy (non-hydrogen) atoms. The van der Waals surface area contributed by atoms with Crippen molar-refractivity contribution >= 4 is 28.3 Å². The van der Waals surface area contributed by atoms with E-state index in [-0.39, 0.29) is 5.63 Å². The normalized spacial score (nSPS) is 13.7. The highest BCUT2D eigenvalue weighted by atomic mass is 35.5. The summed E-state index contributed by atoms with van der Waals surface area (Å²) in [5.74, 6) is 0.620. The lowest BCUT2D eigenvalue weighted by Crippen LogP contribution is -2.34. The maximum Gasteiger partial charge on any atom is 0.345 e. The summed E-state index contributed by atoms with van der Waals surface area (Å²) in [6, 6.07) is 13.2. The molecule has 116 valence electrons. The monoisotopic (exact) mass is 327 g/mol. The van der Waals surface area contributed by atoms with E-state index in [0.29, 0.717) is 35.2 Å². The molecular weight excluding hydrogens is 314 g/mol. The molecule has 4 rings (SSSR count). The fourth-order valence-corrected chi connectivity index (χ4v) is 3.02. The van der Waals surface area contributed by atoms with Crippen molar-refractivity contribution in [2.24, 2.45) is 0 Å². The molecule has 2 heterocycles. The third-order valence-corrected chi connectivity index (χ3v) is 4.23. The van der Waals surface area contributed by atoms with Crippen molar-refractivity contribution in [3.05, 3.63) is 69.0 Å². The van der Waals surface area contributed by atoms with E-state index in [0.717, 1.165) is 16.6 Å². The van der Waals surface area contributed by atoms with Gasteiger partial charge in [-0.15, -0.1) is 0 Å². The van der Waals surface area contributed by atoms with Crippen LogP contribution in [0.4, 0.5) is 5.69 Å². The molecule has 0 aliphatic carbocycles. The van der Waals surface area contributed by atoms with Gasteiger partial charge in [0.05, 0.1) is 17.5 Å². The molecule has 1 aliphatic heterocycles. The first kappa shape index (κ1) is 14.2. The average Bonchev–Trinajstić information content (AvgIpc) is 2.54. The van der Waals surface area contributed by atoms with Crippen molar-refractivity contribution in [2.75, 3.05) is 11.6 Å². The Morgan fingerprint density at radius 2 is 2.04 bits per heavy atom. The smallest absolute Gasteiger partial charge is 0.345 e. The third kappa shape index (κ3) is 2.45. The van der Waals surface area contributed by atoms with Crippen LogP contribution in [0, 0.1) is 6.92 Å². The molecule has 0 radical (unpaired) electrons. The van der Waals surface area contributed by atoms with Crippen molar-refractivity contribution in [1.29, 1.82) is 0 Å². The lowest BCUT2D eigenvalue weighted by atomic mass is 10.1. The zero-order chi connectivity index (χ0) is 16.0. The number of halogens is 1. The molecule has 0 saturated carbocycles. The molecule has 0 atom stereocenters. The molecule has 0 amide bonds. The Morgan fingerprint density at radius 1 is 1.17 bits per heavy atom. The van der Waals surface area contributed by atoms with E-state index < -0.39 is 0 Å². The molecular formula is C18H14ClNO3. The zero-order valence-corrected chi connectivity index (χ0v) is 13.3. The van der Waals surface area contributed by atoms with Crippen molar-refractivity contribution in [2.45, 2.75) is 13.5 Å². The second-order valence-electron chi connectivity index (χ2n) is 5.65. The largest absolute Gasteiger partial charge is 0.472 e. The van der Waals surface area contributed by atoms with Crippen LogP contribution in [-0.2, 0) is 6.54 Å². The minimum atomic E-state index is -0.357. The predicted octanol–water partition coefficient (Wildman–Crippen LogP) is 4.11. The van der Waals surface area contributed by atoms with Crippen LogP contribution in [0.5, 0.6) is 5.75 Å². The Morgan fingerprint density at radius 3 is 2.87 bits per heavy atom. The molecule has 0 spiro atoms. The highest BCUT2D eigenvalue weighted by Gasteiger charge is 2.24. The minimum Gasteiger partial charge on any atom is -0.472 e. The van der Waals surface area contributed by atoms with Crippen LogP contribution in [-0.4, -0.2) is 6.73 Å². The van der Waals surface area contributed by atoms with Crippen molar-refractivity contribution < 1.29 is 9.15 Å². The third-order valence-electron chi connectivity index (χ3n) is 3.99. The van der Waals surface area contributed by atoms with Crippen molar-refractivity contribution in [1.82, 2.24) is 0 Å². The minimum absolute atomic E-state index is 0.357. The van der Waals surface area contributed by atoms with Gasteiger partial charge in [-0.05, 0) is 42.8 Å². The maximum absolute atomic E-state index is 12.3. The number of nitrogens with zero attached hydrogens (tertiary/aromatic N) is 1. The van der Waals surface area contributed by atoms with E-state index in [9.17, 15) is 4.79 Å². The molecule has 0 N–H and O–H groups in total. The Kier molecular flexibility index (Phi) is 3.27. The van der Waals surface area contributed by atoms with Gasteiger partial charge < -0.3 is 14.1 Å². The molecule has 2 aromatic carbocycles. The standard InChI is InChI=1S/C18H14ClNO3/c1-11-5-6-14-16(7-11)23-18(21)15-9-20(10-22-17(14)15)13-4-2-3-12(19)8-13/h2-8H,9-10H2,1H3. The number of ether oxygens (including phenoxy) is 1. The molecule has 0 saturated heterocycles. The molecule has 1 aliphatic rings. The Bertz CT molecular complexity index is 964. The molecule has 0 unspecified atom stereocenters. The van der Waals surface area contributed by atoms with E-state index in [4.69, 9.17) is 20.8 Å². The topological polar surface area (TPSA) is 42.7 Å². The number of hydrogen-bond acceptors (Lipinski definition) is 4. The average molecular weight is 328 g/mol. The van der Waals surface area contributed by atoms with Gasteiger partial charge in [0.25, 0.3) is 0 Å². The number of fused-ring (bicyclic) bond motifs is 3. The number of rotatable bonds is 1. The van der Waals surface area contributed by atoms with Crippen molar-refractivity contribution in [3.63, 3.8) is 0 Å². The second-order valence-corrected chi connectivity index (χ2v) is 6.08. The highest BCUT2D eigenvalue weighted by Crippen LogP contribution is 2.33. The summed E-state index contributed by atoms with van der Waals surface area (Å²) in [4.78, 5) is 14.3. The summed E-state index contributed by atoms with van der Waals surface area (Å²) >= 11 is 6.04. The van der Waals surface area contributed by atoms with Gasteiger partial charge in [-0.1, -0.05) is 23.7 Å². The number of aryl methyl sites for hydroxylation is 1. The molecule has 0 bridgehead atoms. The lowest BCUT2D eigenvalue weighted by molar-refractivity contribution is 0.287. The van der Waals surface area contributed by atoms with Crippen LogP contribution in [0.2, 0.25) is 5.02 Å². The van der Waals surface area contributed by atoms with Crippen LogP contribution in [0.3, 0.4) is 0 Å². The van der Waals surface area contributed by atoms with Crippen LogP contribution in [0.1, 0.15) is 11.1 Å². The summed E-state index contributed by atoms with van der Waals surface area (Å²) < 4.78 is 11.3. The molecule has 5 heteroatoms. The number of hydrogen-bond donors (Lipinski definition) is 0. The predicted molar refractivity (Wildman–Crippen MR) is 90.4 cm³/mol. The van der Waals surface area contributed by atoms with Crippen LogP contribution >= 0.6 is 11.6 Å². The van der Waals surface area contributed by atoms with E-state index in [1.54, 1.807) is 0 Å². The first-order chi connectivity index (χ1) is 11.1. The second kappa shape index (κ2) is 5.32. The van der Waals surface area contributed by atoms with E-state index in [2.05, 4.69) is 0 Å². The zero-order valence-electron chi connectivity index (χ0n) is 12.5. The molecule has 0 fully saturated rings. The van der Waals surface area contributed by atoms with Crippen molar-refractivity contribution in [3.8, 4) is 5.75 Å². The van der Waals surface area contributed by atoms with Crippen LogP contribution in [0.15, 0.2) is 51.7 Å².